The Bertz CT molecular complexity index is 601. The Kier molecular flexibility index (Phi) is 4.45. The van der Waals surface area contributed by atoms with Gasteiger partial charge in [-0.05, 0) is 24.5 Å². The van der Waals surface area contributed by atoms with Crippen molar-refractivity contribution in [2.45, 2.75) is 39.9 Å². The van der Waals surface area contributed by atoms with Crippen LogP contribution in [0, 0.1) is 5.92 Å². The Morgan fingerprint density at radius 3 is 2.65 bits per heavy atom. The van der Waals surface area contributed by atoms with Crippen LogP contribution < -0.4 is 11.1 Å². The second-order valence-corrected chi connectivity index (χ2v) is 5.60. The maximum absolute atomic E-state index is 12.1. The van der Waals surface area contributed by atoms with E-state index >= 15 is 0 Å². The van der Waals surface area contributed by atoms with Crippen LogP contribution in [0.3, 0.4) is 0 Å². The van der Waals surface area contributed by atoms with Gasteiger partial charge in [0, 0.05) is 29.7 Å². The molecule has 0 spiro atoms. The summed E-state index contributed by atoms with van der Waals surface area (Å²) < 4.78 is 1.97. The zero-order chi connectivity index (χ0) is 14.7. The molecule has 20 heavy (non-hydrogen) atoms. The minimum absolute atomic E-state index is 0.0375. The first-order valence-corrected chi connectivity index (χ1v) is 7.09. The van der Waals surface area contributed by atoms with Gasteiger partial charge in [0.15, 0.2) is 0 Å². The number of para-hydroxylation sites is 1. The number of nitrogens with two attached hydrogens (primary N) is 1. The SMILES string of the molecule is CC(C)C(C)NC(=O)Cn1cc(CN)c2ccccc21. The minimum Gasteiger partial charge on any atom is -0.352 e. The summed E-state index contributed by atoms with van der Waals surface area (Å²) in [5.41, 5.74) is 7.90. The number of hydrogen-bond donors (Lipinski definition) is 2. The largest absolute Gasteiger partial charge is 0.352 e. The van der Waals surface area contributed by atoms with Crippen LogP contribution >= 0.6 is 0 Å². The highest BCUT2D eigenvalue weighted by molar-refractivity contribution is 5.86. The van der Waals surface area contributed by atoms with Crippen LogP contribution in [-0.2, 0) is 17.9 Å². The lowest BCUT2D eigenvalue weighted by molar-refractivity contribution is -0.122. The van der Waals surface area contributed by atoms with E-state index < -0.39 is 0 Å². The fourth-order valence-corrected chi connectivity index (χ4v) is 2.24. The van der Waals surface area contributed by atoms with Gasteiger partial charge in [-0.2, -0.15) is 0 Å². The van der Waals surface area contributed by atoms with Gasteiger partial charge in [-0.3, -0.25) is 4.79 Å². The molecule has 2 aromatic rings. The molecule has 4 heteroatoms. The molecular formula is C16H23N3O. The molecule has 0 aliphatic carbocycles. The Balaban J connectivity index is 2.19. The molecule has 0 fully saturated rings. The summed E-state index contributed by atoms with van der Waals surface area (Å²) in [6, 6.07) is 8.22. The summed E-state index contributed by atoms with van der Waals surface area (Å²) in [5.74, 6) is 0.468. The van der Waals surface area contributed by atoms with Crippen molar-refractivity contribution in [1.29, 1.82) is 0 Å². The van der Waals surface area contributed by atoms with Crippen molar-refractivity contribution < 1.29 is 4.79 Å². The highest BCUT2D eigenvalue weighted by Crippen LogP contribution is 2.20. The second kappa shape index (κ2) is 6.09. The Morgan fingerprint density at radius 2 is 2.00 bits per heavy atom. The van der Waals surface area contributed by atoms with Crippen molar-refractivity contribution in [3.8, 4) is 0 Å². The molecule has 1 unspecified atom stereocenters. The quantitative estimate of drug-likeness (QED) is 0.878. The predicted octanol–water partition coefficient (Wildman–Crippen LogP) is 2.26. The van der Waals surface area contributed by atoms with E-state index in [0.717, 1.165) is 16.5 Å². The van der Waals surface area contributed by atoms with Gasteiger partial charge in [-0.25, -0.2) is 0 Å². The fourth-order valence-electron chi connectivity index (χ4n) is 2.24. The van der Waals surface area contributed by atoms with Gasteiger partial charge in [-0.15, -0.1) is 0 Å². The third-order valence-electron chi connectivity index (χ3n) is 3.79. The summed E-state index contributed by atoms with van der Waals surface area (Å²) in [6.07, 6.45) is 1.98. The summed E-state index contributed by atoms with van der Waals surface area (Å²) in [6.45, 7) is 7.04. The van der Waals surface area contributed by atoms with E-state index in [9.17, 15) is 4.79 Å². The number of nitrogens with one attached hydrogen (secondary N) is 1. The molecule has 0 saturated carbocycles. The number of rotatable bonds is 5. The smallest absolute Gasteiger partial charge is 0.240 e. The van der Waals surface area contributed by atoms with Gasteiger partial charge in [-0.1, -0.05) is 32.0 Å². The van der Waals surface area contributed by atoms with E-state index in [1.165, 1.54) is 0 Å². The average molecular weight is 273 g/mol. The van der Waals surface area contributed by atoms with Crippen LogP contribution in [0.15, 0.2) is 30.5 Å². The average Bonchev–Trinajstić information content (AvgIpc) is 2.77. The Labute approximate surface area is 120 Å². The first-order chi connectivity index (χ1) is 9.52. The van der Waals surface area contributed by atoms with Crippen LogP contribution in [0.25, 0.3) is 10.9 Å². The molecule has 1 aromatic carbocycles. The number of amides is 1. The van der Waals surface area contributed by atoms with Crippen molar-refractivity contribution >= 4 is 16.8 Å². The van der Waals surface area contributed by atoms with Crippen LogP contribution in [-0.4, -0.2) is 16.5 Å². The van der Waals surface area contributed by atoms with Gasteiger partial charge < -0.3 is 15.6 Å². The standard InChI is InChI=1S/C16H23N3O/c1-11(2)12(3)18-16(20)10-19-9-13(8-17)14-6-4-5-7-15(14)19/h4-7,9,11-12H,8,10,17H2,1-3H3,(H,18,20). The number of fused-ring (bicyclic) bond motifs is 1. The molecule has 0 saturated heterocycles. The maximum Gasteiger partial charge on any atom is 0.240 e. The van der Waals surface area contributed by atoms with Crippen LogP contribution in [0.1, 0.15) is 26.3 Å². The zero-order valence-electron chi connectivity index (χ0n) is 12.4. The third-order valence-corrected chi connectivity index (χ3v) is 3.79. The molecule has 2 rings (SSSR count). The monoisotopic (exact) mass is 273 g/mol. The summed E-state index contributed by atoms with van der Waals surface area (Å²) in [5, 5.41) is 4.15. The van der Waals surface area contributed by atoms with Crippen LogP contribution in [0.5, 0.6) is 0 Å². The van der Waals surface area contributed by atoms with Gasteiger partial charge in [0.25, 0.3) is 0 Å². The Hall–Kier alpha value is -1.81. The molecule has 1 atom stereocenters. The van der Waals surface area contributed by atoms with Gasteiger partial charge in [0.2, 0.25) is 5.91 Å². The van der Waals surface area contributed by atoms with E-state index in [-0.39, 0.29) is 11.9 Å². The number of aromatic nitrogens is 1. The highest BCUT2D eigenvalue weighted by atomic mass is 16.2. The minimum atomic E-state index is 0.0375. The molecule has 1 aromatic heterocycles. The zero-order valence-corrected chi connectivity index (χ0v) is 12.4. The number of hydrogen-bond acceptors (Lipinski definition) is 2. The van der Waals surface area contributed by atoms with Gasteiger partial charge in [0.05, 0.1) is 0 Å². The Morgan fingerprint density at radius 1 is 1.30 bits per heavy atom. The molecule has 4 nitrogen and oxygen atoms in total. The first-order valence-electron chi connectivity index (χ1n) is 7.09. The predicted molar refractivity (Wildman–Crippen MR) is 82.3 cm³/mol. The van der Waals surface area contributed by atoms with E-state index in [1.54, 1.807) is 0 Å². The van der Waals surface area contributed by atoms with Crippen molar-refractivity contribution in [3.63, 3.8) is 0 Å². The van der Waals surface area contributed by atoms with E-state index in [0.29, 0.717) is 19.0 Å². The molecule has 1 amide bonds. The molecule has 0 radical (unpaired) electrons. The molecule has 0 aliphatic heterocycles. The normalized spacial score (nSPS) is 12.8. The van der Waals surface area contributed by atoms with Crippen LogP contribution in [0.2, 0.25) is 0 Å². The van der Waals surface area contributed by atoms with E-state index in [4.69, 9.17) is 5.73 Å². The van der Waals surface area contributed by atoms with Crippen molar-refractivity contribution in [1.82, 2.24) is 9.88 Å². The van der Waals surface area contributed by atoms with Crippen LogP contribution in [0.4, 0.5) is 0 Å². The van der Waals surface area contributed by atoms with Crippen molar-refractivity contribution in [3.05, 3.63) is 36.0 Å². The number of carbonyl (C=O) groups excluding carboxylic acids is 1. The molecule has 108 valence electrons. The second-order valence-electron chi connectivity index (χ2n) is 5.60. The molecular weight excluding hydrogens is 250 g/mol. The van der Waals surface area contributed by atoms with Gasteiger partial charge in [0.1, 0.15) is 6.54 Å². The van der Waals surface area contributed by atoms with Crippen molar-refractivity contribution in [2.24, 2.45) is 11.7 Å². The molecule has 3 N–H and O–H groups in total. The summed E-state index contributed by atoms with van der Waals surface area (Å²) >= 11 is 0. The fraction of sp³-hybridized carbons (Fsp3) is 0.438. The summed E-state index contributed by atoms with van der Waals surface area (Å²) in [7, 11) is 0. The molecule has 0 bridgehead atoms. The van der Waals surface area contributed by atoms with Gasteiger partial charge >= 0.3 is 0 Å². The van der Waals surface area contributed by atoms with E-state index in [2.05, 4.69) is 19.2 Å². The number of nitrogens with zero attached hydrogens (tertiary/aromatic N) is 1. The third kappa shape index (κ3) is 3.02. The van der Waals surface area contributed by atoms with Crippen molar-refractivity contribution in [2.75, 3.05) is 0 Å². The number of benzene rings is 1. The lowest BCUT2D eigenvalue weighted by Gasteiger charge is -2.17. The maximum atomic E-state index is 12.1. The van der Waals surface area contributed by atoms with E-state index in [1.807, 2.05) is 42.0 Å². The topological polar surface area (TPSA) is 60.0 Å². The lowest BCUT2D eigenvalue weighted by atomic mass is 10.1. The first kappa shape index (κ1) is 14.6. The highest BCUT2D eigenvalue weighted by Gasteiger charge is 2.13. The number of carbonyl (C=O) groups is 1. The molecule has 1 heterocycles. The lowest BCUT2D eigenvalue weighted by Crippen LogP contribution is -2.38. The molecule has 0 aliphatic rings. The summed E-state index contributed by atoms with van der Waals surface area (Å²) in [4.78, 5) is 12.1.